The van der Waals surface area contributed by atoms with Crippen LogP contribution in [-0.2, 0) is 9.59 Å². The molecule has 0 aromatic heterocycles. The van der Waals surface area contributed by atoms with Crippen LogP contribution in [0.2, 0.25) is 0 Å². The molecule has 10 N–H and O–H groups in total. The number of nitrogens with two attached hydrogens (primary N) is 4. The highest BCUT2D eigenvalue weighted by Gasteiger charge is 2.09. The van der Waals surface area contributed by atoms with E-state index in [1.165, 1.54) is 0 Å². The Kier molecular flexibility index (Phi) is 4.75. The van der Waals surface area contributed by atoms with Crippen LogP contribution in [0.25, 0.3) is 0 Å². The second kappa shape index (κ2) is 14.2. The first-order valence-electron chi connectivity index (χ1n) is 11.6. The summed E-state index contributed by atoms with van der Waals surface area (Å²) in [6, 6.07) is -4.72. The minimum Gasteiger partial charge on any atom is -0.480 e. The number of aliphatic carboxylic acids is 2. The molecule has 20 heavy (non-hydrogen) atoms. The molecule has 0 aliphatic rings. The average molecular weight is 305 g/mol. The molecule has 0 aromatic rings. The maximum Gasteiger partial charge on any atom is 0.320 e. The van der Waals surface area contributed by atoms with Crippen molar-refractivity contribution in [1.29, 1.82) is 0 Å². The second-order valence-corrected chi connectivity index (χ2v) is 3.04. The number of carboxylic acids is 2. The van der Waals surface area contributed by atoms with E-state index in [0.29, 0.717) is 0 Å². The largest absolute Gasteiger partial charge is 0.480 e. The molecule has 0 aliphatic carbocycles. The van der Waals surface area contributed by atoms with Crippen LogP contribution in [0.3, 0.4) is 0 Å². The molecule has 0 aliphatic heterocycles. The van der Waals surface area contributed by atoms with E-state index >= 15 is 0 Å². The van der Waals surface area contributed by atoms with Crippen LogP contribution in [0.5, 0.6) is 0 Å². The quantitative estimate of drug-likeness (QED) is 0.299. The standard InChI is InChI=1S/2C6H14N2O2/c2*7-4-2-1-3-5(8)6(9)10/h2*5H,1-4,7-8H2,(H,9,10)/t2*5-/m10/s1/i1D2,2D2,3D2,4D2,5D;2D2,4D2. The molecule has 0 bridgehead atoms. The molecule has 0 saturated carbocycles. The van der Waals surface area contributed by atoms with Gasteiger partial charge in [-0.1, -0.05) is 12.8 Å². The summed E-state index contributed by atoms with van der Waals surface area (Å²) in [5.41, 5.74) is 19.8. The van der Waals surface area contributed by atoms with E-state index in [2.05, 4.69) is 0 Å². The lowest BCUT2D eigenvalue weighted by molar-refractivity contribution is -0.139. The lowest BCUT2D eigenvalue weighted by Crippen LogP contribution is -2.29. The molecule has 8 heteroatoms. The Balaban J connectivity index is 0. The maximum atomic E-state index is 10.7. The SMILES string of the molecule is [2H]C([2H])(N)C([2H])([2H])C([2H])([2H])C([2H])([2H])[C@@]([2H])(N)C(=O)O.[2H]C([2H])(N)C([2H])([2H])CC[C@H](N)C(=O)O. The number of rotatable bonds is 10. The normalized spacial score (nSPS) is 28.5. The Morgan fingerprint density at radius 2 is 1.60 bits per heavy atom. The highest BCUT2D eigenvalue weighted by Crippen LogP contribution is 1.97. The van der Waals surface area contributed by atoms with Crippen molar-refractivity contribution >= 4 is 11.9 Å². The minimum atomic E-state index is -3.78. The lowest BCUT2D eigenvalue weighted by atomic mass is 10.1. The lowest BCUT2D eigenvalue weighted by Gasteiger charge is -2.03. The monoisotopic (exact) mass is 305 g/mol. The topological polar surface area (TPSA) is 179 Å². The molecule has 0 spiro atoms. The van der Waals surface area contributed by atoms with Gasteiger partial charge in [0.25, 0.3) is 0 Å². The molecule has 0 rings (SSSR count). The molecule has 0 aromatic carbocycles. The number of hydrogen-bond donors (Lipinski definition) is 6. The maximum absolute atomic E-state index is 10.7. The number of hydrogen-bond acceptors (Lipinski definition) is 6. The fourth-order valence-corrected chi connectivity index (χ4v) is 0.611. The fraction of sp³-hybridized carbons (Fsp3) is 0.833. The van der Waals surface area contributed by atoms with Crippen LogP contribution in [0.4, 0.5) is 0 Å². The summed E-state index contributed by atoms with van der Waals surface area (Å²) in [6.07, 6.45) is -13.9. The molecule has 0 radical (unpaired) electrons. The molecule has 120 valence electrons. The summed E-state index contributed by atoms with van der Waals surface area (Å²) >= 11 is 0. The van der Waals surface area contributed by atoms with Crippen molar-refractivity contribution in [2.45, 2.75) is 50.4 Å². The van der Waals surface area contributed by atoms with Crippen LogP contribution in [0, 0.1) is 0 Å². The van der Waals surface area contributed by atoms with Crippen LogP contribution < -0.4 is 22.9 Å². The van der Waals surface area contributed by atoms with Crippen molar-refractivity contribution in [3.63, 3.8) is 0 Å². The number of carboxylic acid groups (broad SMARTS) is 2. The zero-order chi connectivity index (χ0) is 27.6. The summed E-state index contributed by atoms with van der Waals surface area (Å²) in [7, 11) is 0. The fourth-order valence-electron chi connectivity index (χ4n) is 0.611. The van der Waals surface area contributed by atoms with E-state index < -0.39 is 62.5 Å². The van der Waals surface area contributed by atoms with Crippen molar-refractivity contribution in [3.8, 4) is 0 Å². The van der Waals surface area contributed by atoms with Crippen molar-refractivity contribution in [2.24, 2.45) is 22.9 Å². The van der Waals surface area contributed by atoms with Gasteiger partial charge in [-0.05, 0) is 38.5 Å². The van der Waals surface area contributed by atoms with Crippen molar-refractivity contribution in [1.82, 2.24) is 0 Å². The predicted molar refractivity (Wildman–Crippen MR) is 77.0 cm³/mol. The van der Waals surface area contributed by atoms with Crippen LogP contribution in [-0.4, -0.2) is 47.2 Å². The Morgan fingerprint density at radius 1 is 1.05 bits per heavy atom. The summed E-state index contributed by atoms with van der Waals surface area (Å²) in [5.74, 6) is -3.46. The zero-order valence-corrected chi connectivity index (χ0v) is 10.5. The van der Waals surface area contributed by atoms with Crippen molar-refractivity contribution < 1.29 is 37.6 Å². The van der Waals surface area contributed by atoms with Crippen molar-refractivity contribution in [3.05, 3.63) is 0 Å². The molecular formula is C12H28N4O4. The van der Waals surface area contributed by atoms with Gasteiger partial charge < -0.3 is 33.1 Å². The first-order valence-corrected chi connectivity index (χ1v) is 5.11. The van der Waals surface area contributed by atoms with Gasteiger partial charge in [0.1, 0.15) is 12.1 Å². The molecule has 0 heterocycles. The molecule has 2 atom stereocenters. The molecular weight excluding hydrogens is 264 g/mol. The molecule has 0 unspecified atom stereocenters. The summed E-state index contributed by atoms with van der Waals surface area (Å²) in [5, 5.41) is 17.1. The molecule has 0 fully saturated rings. The van der Waals surface area contributed by atoms with Crippen LogP contribution in [0.1, 0.15) is 56.2 Å². The first-order chi connectivity index (χ1) is 14.0. The third-order valence-electron chi connectivity index (χ3n) is 1.56. The van der Waals surface area contributed by atoms with E-state index in [-0.39, 0.29) is 12.8 Å². The summed E-state index contributed by atoms with van der Waals surface area (Å²) < 4.78 is 93.5. The molecule has 0 saturated heterocycles. The Labute approximate surface area is 137 Å². The Morgan fingerprint density at radius 3 is 2.00 bits per heavy atom. The van der Waals surface area contributed by atoms with Gasteiger partial charge in [-0.3, -0.25) is 9.59 Å². The van der Waals surface area contributed by atoms with Gasteiger partial charge in [0, 0.05) is 16.4 Å². The summed E-state index contributed by atoms with van der Waals surface area (Å²) in [4.78, 5) is 21.0. The van der Waals surface area contributed by atoms with Gasteiger partial charge >= 0.3 is 11.9 Å². The van der Waals surface area contributed by atoms with E-state index in [1.54, 1.807) is 0 Å². The highest BCUT2D eigenvalue weighted by atomic mass is 16.4. The second-order valence-electron chi connectivity index (χ2n) is 3.04. The number of carbonyl (C=O) groups is 2. The van der Waals surface area contributed by atoms with E-state index in [9.17, 15) is 9.59 Å². The van der Waals surface area contributed by atoms with Gasteiger partial charge in [-0.25, -0.2) is 0 Å². The third-order valence-corrected chi connectivity index (χ3v) is 1.56. The Bertz CT molecular complexity index is 706. The average Bonchev–Trinajstić information content (AvgIpc) is 2.57. The Hall–Kier alpha value is -1.22. The minimum absolute atomic E-state index is 0.154. The predicted octanol–water partition coefficient (Wildman–Crippen LogP) is -0.945. The van der Waals surface area contributed by atoms with E-state index in [4.69, 9.17) is 51.0 Å². The van der Waals surface area contributed by atoms with Crippen LogP contribution >= 0.6 is 0 Å². The zero-order valence-electron chi connectivity index (χ0n) is 23.5. The van der Waals surface area contributed by atoms with Gasteiger partial charge in [-0.15, -0.1) is 0 Å². The first kappa shape index (κ1) is 6.69. The van der Waals surface area contributed by atoms with E-state index in [0.717, 1.165) is 0 Å². The van der Waals surface area contributed by atoms with Gasteiger partial charge in [0.15, 0.2) is 0 Å². The van der Waals surface area contributed by atoms with Gasteiger partial charge in [-0.2, -0.15) is 0 Å². The summed E-state index contributed by atoms with van der Waals surface area (Å²) in [6.45, 7) is -5.82. The van der Waals surface area contributed by atoms with Gasteiger partial charge in [0.05, 0.1) is 1.37 Å². The third kappa shape index (κ3) is 14.8. The van der Waals surface area contributed by atoms with Crippen molar-refractivity contribution in [2.75, 3.05) is 13.0 Å². The highest BCUT2D eigenvalue weighted by molar-refractivity contribution is 5.73. The van der Waals surface area contributed by atoms with Gasteiger partial charge in [0.2, 0.25) is 0 Å². The van der Waals surface area contributed by atoms with E-state index in [1.807, 2.05) is 0 Å². The molecule has 8 nitrogen and oxygen atoms in total. The molecule has 0 amide bonds. The van der Waals surface area contributed by atoms with Crippen LogP contribution in [0.15, 0.2) is 0 Å². The smallest absolute Gasteiger partial charge is 0.320 e.